The molecule has 3 aromatic rings. The molecule has 0 amide bonds. The van der Waals surface area contributed by atoms with Crippen molar-refractivity contribution in [2.24, 2.45) is 0 Å². The van der Waals surface area contributed by atoms with E-state index in [0.717, 1.165) is 16.9 Å². The molecular formula is C21H18IN3O5. The Morgan fingerprint density at radius 2 is 2.03 bits per heavy atom. The van der Waals surface area contributed by atoms with Crippen molar-refractivity contribution in [1.82, 2.24) is 4.98 Å². The Morgan fingerprint density at radius 3 is 2.77 bits per heavy atom. The Labute approximate surface area is 186 Å². The lowest BCUT2D eigenvalue weighted by Crippen LogP contribution is -2.21. The van der Waals surface area contributed by atoms with E-state index in [-0.39, 0.29) is 17.6 Å². The van der Waals surface area contributed by atoms with E-state index in [0.29, 0.717) is 28.2 Å². The van der Waals surface area contributed by atoms with Crippen molar-refractivity contribution in [3.8, 4) is 17.2 Å². The minimum atomic E-state index is -0.444. The zero-order chi connectivity index (χ0) is 21.1. The SMILES string of the molecule is COc1ccc(C2COc3cc(CNc4ncc(I)cc4[N+](=O)[O-])ccc3O2)cc1. The number of nitro groups is 1. The van der Waals surface area contributed by atoms with Gasteiger partial charge in [-0.2, -0.15) is 0 Å². The molecule has 0 saturated carbocycles. The van der Waals surface area contributed by atoms with Crippen LogP contribution in [-0.4, -0.2) is 23.6 Å². The van der Waals surface area contributed by atoms with Gasteiger partial charge in [-0.05, 0) is 58.0 Å². The maximum Gasteiger partial charge on any atom is 0.312 e. The predicted octanol–water partition coefficient (Wildman–Crippen LogP) is 4.73. The molecule has 4 rings (SSSR count). The fraction of sp³-hybridized carbons (Fsp3) is 0.190. The lowest BCUT2D eigenvalue weighted by atomic mass is 10.1. The summed E-state index contributed by atoms with van der Waals surface area (Å²) in [6.07, 6.45) is 1.38. The quantitative estimate of drug-likeness (QED) is 0.286. The lowest BCUT2D eigenvalue weighted by molar-refractivity contribution is -0.384. The molecule has 8 nitrogen and oxygen atoms in total. The van der Waals surface area contributed by atoms with E-state index in [1.807, 2.05) is 65.1 Å². The summed E-state index contributed by atoms with van der Waals surface area (Å²) in [7, 11) is 1.63. The molecule has 154 valence electrons. The first-order chi connectivity index (χ1) is 14.5. The minimum Gasteiger partial charge on any atom is -0.497 e. The van der Waals surface area contributed by atoms with Gasteiger partial charge in [0, 0.05) is 22.4 Å². The molecule has 1 N–H and O–H groups in total. The van der Waals surface area contributed by atoms with E-state index in [2.05, 4.69) is 10.3 Å². The standard InChI is InChI=1S/C21H18IN3O5/c1-28-16-5-3-14(4-6-16)20-12-29-19-8-13(2-7-18(19)30-20)10-23-21-17(25(26)27)9-15(22)11-24-21/h2-9,11,20H,10,12H2,1H3,(H,23,24). The molecule has 9 heteroatoms. The van der Waals surface area contributed by atoms with Crippen molar-refractivity contribution in [1.29, 1.82) is 0 Å². The maximum absolute atomic E-state index is 11.2. The van der Waals surface area contributed by atoms with Crippen LogP contribution in [-0.2, 0) is 6.54 Å². The first kappa shape index (κ1) is 20.2. The molecule has 2 aromatic carbocycles. The van der Waals surface area contributed by atoms with Gasteiger partial charge in [-0.25, -0.2) is 4.98 Å². The van der Waals surface area contributed by atoms with Crippen molar-refractivity contribution in [3.05, 3.63) is 79.5 Å². The average Bonchev–Trinajstić information content (AvgIpc) is 2.77. The molecule has 0 radical (unpaired) electrons. The van der Waals surface area contributed by atoms with E-state index in [1.54, 1.807) is 13.3 Å². The highest BCUT2D eigenvalue weighted by Gasteiger charge is 2.23. The Bertz CT molecular complexity index is 1070. The van der Waals surface area contributed by atoms with Crippen molar-refractivity contribution >= 4 is 34.1 Å². The highest BCUT2D eigenvalue weighted by atomic mass is 127. The molecule has 0 fully saturated rings. The number of hydrogen-bond donors (Lipinski definition) is 1. The highest BCUT2D eigenvalue weighted by Crippen LogP contribution is 2.37. The van der Waals surface area contributed by atoms with Gasteiger partial charge in [-0.3, -0.25) is 10.1 Å². The number of nitrogens with zero attached hydrogens (tertiary/aromatic N) is 2. The molecule has 1 aliphatic heterocycles. The molecule has 2 heterocycles. The smallest absolute Gasteiger partial charge is 0.312 e. The summed E-state index contributed by atoms with van der Waals surface area (Å²) in [5, 5.41) is 14.3. The fourth-order valence-electron chi connectivity index (χ4n) is 3.10. The number of benzene rings is 2. The maximum atomic E-state index is 11.2. The van der Waals surface area contributed by atoms with Gasteiger partial charge in [0.25, 0.3) is 0 Å². The summed E-state index contributed by atoms with van der Waals surface area (Å²) in [5.41, 5.74) is 1.85. The number of rotatable bonds is 6. The summed E-state index contributed by atoms with van der Waals surface area (Å²) in [5.74, 6) is 2.32. The molecule has 1 unspecified atom stereocenters. The van der Waals surface area contributed by atoms with Crippen molar-refractivity contribution in [2.75, 3.05) is 19.0 Å². The van der Waals surface area contributed by atoms with E-state index >= 15 is 0 Å². The summed E-state index contributed by atoms with van der Waals surface area (Å²) in [6.45, 7) is 0.757. The second kappa shape index (κ2) is 8.74. The fourth-order valence-corrected chi connectivity index (χ4v) is 3.53. The van der Waals surface area contributed by atoms with Gasteiger partial charge in [-0.15, -0.1) is 0 Å². The van der Waals surface area contributed by atoms with Gasteiger partial charge >= 0.3 is 5.69 Å². The Morgan fingerprint density at radius 1 is 1.23 bits per heavy atom. The van der Waals surface area contributed by atoms with E-state index in [9.17, 15) is 10.1 Å². The summed E-state index contributed by atoms with van der Waals surface area (Å²) < 4.78 is 17.9. The molecule has 1 atom stereocenters. The minimum absolute atomic E-state index is 0.0539. The molecule has 0 aliphatic carbocycles. The van der Waals surface area contributed by atoms with Crippen LogP contribution in [0.4, 0.5) is 11.5 Å². The zero-order valence-electron chi connectivity index (χ0n) is 16.0. The average molecular weight is 519 g/mol. The molecule has 0 spiro atoms. The van der Waals surface area contributed by atoms with Gasteiger partial charge in [0.2, 0.25) is 5.82 Å². The third-order valence-corrected chi connectivity index (χ3v) is 5.24. The molecule has 30 heavy (non-hydrogen) atoms. The molecule has 0 saturated heterocycles. The lowest BCUT2D eigenvalue weighted by Gasteiger charge is -2.27. The van der Waals surface area contributed by atoms with Crippen LogP contribution in [0.25, 0.3) is 0 Å². The van der Waals surface area contributed by atoms with Gasteiger partial charge in [0.15, 0.2) is 17.6 Å². The second-order valence-corrected chi connectivity index (χ2v) is 7.85. The number of aromatic nitrogens is 1. The summed E-state index contributed by atoms with van der Waals surface area (Å²) in [4.78, 5) is 14.9. The largest absolute Gasteiger partial charge is 0.497 e. The first-order valence-electron chi connectivity index (χ1n) is 9.13. The van der Waals surface area contributed by atoms with Crippen molar-refractivity contribution in [3.63, 3.8) is 0 Å². The number of anilines is 1. The number of pyridine rings is 1. The third kappa shape index (κ3) is 4.40. The number of nitrogens with one attached hydrogen (secondary N) is 1. The zero-order valence-corrected chi connectivity index (χ0v) is 18.2. The van der Waals surface area contributed by atoms with Crippen LogP contribution in [0.5, 0.6) is 17.2 Å². The van der Waals surface area contributed by atoms with Crippen molar-refractivity contribution < 1.29 is 19.1 Å². The monoisotopic (exact) mass is 519 g/mol. The van der Waals surface area contributed by atoms with Gasteiger partial charge in [0.05, 0.1) is 12.0 Å². The van der Waals surface area contributed by atoms with Crippen LogP contribution in [0.2, 0.25) is 0 Å². The van der Waals surface area contributed by atoms with Crippen LogP contribution < -0.4 is 19.5 Å². The molecular weight excluding hydrogens is 501 g/mol. The summed E-state index contributed by atoms with van der Waals surface area (Å²) in [6, 6.07) is 14.8. The van der Waals surface area contributed by atoms with Crippen LogP contribution >= 0.6 is 22.6 Å². The van der Waals surface area contributed by atoms with Gasteiger partial charge in [-0.1, -0.05) is 18.2 Å². The van der Waals surface area contributed by atoms with Gasteiger partial charge in [0.1, 0.15) is 12.4 Å². The molecule has 0 bridgehead atoms. The van der Waals surface area contributed by atoms with E-state index in [1.165, 1.54) is 6.07 Å². The van der Waals surface area contributed by atoms with Crippen LogP contribution in [0, 0.1) is 13.7 Å². The predicted molar refractivity (Wildman–Crippen MR) is 119 cm³/mol. The first-order valence-corrected chi connectivity index (χ1v) is 10.2. The number of methoxy groups -OCH3 is 1. The van der Waals surface area contributed by atoms with Crippen molar-refractivity contribution in [2.45, 2.75) is 12.6 Å². The Hall–Kier alpha value is -3.08. The Kier molecular flexibility index (Phi) is 5.88. The van der Waals surface area contributed by atoms with E-state index < -0.39 is 4.92 Å². The van der Waals surface area contributed by atoms with Gasteiger partial charge < -0.3 is 19.5 Å². The van der Waals surface area contributed by atoms with Crippen LogP contribution in [0.3, 0.4) is 0 Å². The Balaban J connectivity index is 1.45. The molecule has 1 aliphatic rings. The second-order valence-electron chi connectivity index (χ2n) is 6.60. The molecule has 1 aromatic heterocycles. The summed E-state index contributed by atoms with van der Waals surface area (Å²) >= 11 is 2.00. The van der Waals surface area contributed by atoms with Crippen LogP contribution in [0.15, 0.2) is 54.7 Å². The normalized spacial score (nSPS) is 14.8. The number of hydrogen-bond acceptors (Lipinski definition) is 7. The third-order valence-electron chi connectivity index (χ3n) is 4.65. The van der Waals surface area contributed by atoms with Crippen LogP contribution in [0.1, 0.15) is 17.2 Å². The number of halogens is 1. The van der Waals surface area contributed by atoms with E-state index in [4.69, 9.17) is 14.2 Å². The topological polar surface area (TPSA) is 95.8 Å². The highest BCUT2D eigenvalue weighted by molar-refractivity contribution is 14.1. The number of ether oxygens (including phenoxy) is 3. The number of fused-ring (bicyclic) bond motifs is 1.